The van der Waals surface area contributed by atoms with Crippen LogP contribution < -0.4 is 4.40 Å². The van der Waals surface area contributed by atoms with Gasteiger partial charge in [-0.15, -0.1) is 0 Å². The van der Waals surface area contributed by atoms with Crippen molar-refractivity contribution in [2.45, 2.75) is 91.1 Å². The molecule has 1 radical (unpaired) electrons. The zero-order valence-corrected chi connectivity index (χ0v) is 38.6. The van der Waals surface area contributed by atoms with Crippen LogP contribution in [0.3, 0.4) is 0 Å². The normalized spacial score (nSPS) is 13.9. The molecule has 0 saturated carbocycles. The SMILES string of the molecule is CC(C)(C)c1cc(-c2nccc3c2sc2cc([C]4=Cc5cccc[c]5[Ge]4([CH3])[CH3])ccc23)[c-]c2ccccc12.CCC(CC)C(=O)/C=C(\O)C(CC)CC.[Ir]. The van der Waals surface area contributed by atoms with Gasteiger partial charge in [-0.05, 0) is 25.7 Å². The molecule has 3 nitrogen and oxygen atoms in total. The molecule has 0 unspecified atom stereocenters. The summed E-state index contributed by atoms with van der Waals surface area (Å²) in [5.41, 5.74) is 6.27. The maximum atomic E-state index is 11.7. The molecule has 3 heterocycles. The van der Waals surface area contributed by atoms with Gasteiger partial charge >= 0.3 is 226 Å². The summed E-state index contributed by atoms with van der Waals surface area (Å²) in [7, 11) is 0. The molecule has 0 spiro atoms. The predicted molar refractivity (Wildman–Crippen MR) is 233 cm³/mol. The number of carbonyl (C=O) groups is 1. The topological polar surface area (TPSA) is 50.2 Å². The molecular formula is C48H54GeIrNO2S-. The third kappa shape index (κ3) is 8.26. The summed E-state index contributed by atoms with van der Waals surface area (Å²) < 4.78 is 5.74. The molecule has 0 atom stereocenters. The van der Waals surface area contributed by atoms with Gasteiger partial charge in [0.2, 0.25) is 0 Å². The van der Waals surface area contributed by atoms with Crippen molar-refractivity contribution in [3.8, 4) is 11.3 Å². The first kappa shape index (κ1) is 41.8. The summed E-state index contributed by atoms with van der Waals surface area (Å²) in [5.74, 6) is 5.60. The molecule has 0 fully saturated rings. The largest absolute Gasteiger partial charge is 0.512 e. The van der Waals surface area contributed by atoms with Crippen LogP contribution in [0.1, 0.15) is 90.8 Å². The van der Waals surface area contributed by atoms with Crippen molar-refractivity contribution >= 4 is 76.2 Å². The number of aliphatic hydroxyl groups excluding tert-OH is 1. The van der Waals surface area contributed by atoms with E-state index >= 15 is 0 Å². The molecule has 0 amide bonds. The van der Waals surface area contributed by atoms with Crippen molar-refractivity contribution in [2.75, 3.05) is 0 Å². The van der Waals surface area contributed by atoms with Gasteiger partial charge in [-0.25, -0.2) is 0 Å². The zero-order valence-electron chi connectivity index (χ0n) is 33.3. The van der Waals surface area contributed by atoms with Crippen molar-refractivity contribution in [3.63, 3.8) is 0 Å². The van der Waals surface area contributed by atoms with Gasteiger partial charge in [-0.1, -0.05) is 33.8 Å². The van der Waals surface area contributed by atoms with Gasteiger partial charge in [0, 0.05) is 38.0 Å². The fraction of sp³-hybridized carbons (Fsp3) is 0.333. The van der Waals surface area contributed by atoms with Crippen LogP contribution in [0, 0.1) is 17.9 Å². The van der Waals surface area contributed by atoms with Gasteiger partial charge in [-0.2, -0.15) is 0 Å². The van der Waals surface area contributed by atoms with Gasteiger partial charge in [0.25, 0.3) is 0 Å². The molecule has 2 aromatic heterocycles. The second-order valence-electron chi connectivity index (χ2n) is 16.0. The van der Waals surface area contributed by atoms with Crippen LogP contribution in [0.15, 0.2) is 96.9 Å². The number of hydrogen-bond donors (Lipinski definition) is 1. The quantitative estimate of drug-likeness (QED) is 0.0680. The molecule has 0 aliphatic carbocycles. The number of hydrogen-bond acceptors (Lipinski definition) is 4. The van der Waals surface area contributed by atoms with E-state index in [0.29, 0.717) is 0 Å². The van der Waals surface area contributed by atoms with Crippen LogP contribution in [0.25, 0.3) is 52.7 Å². The molecule has 0 saturated heterocycles. The predicted octanol–water partition coefficient (Wildman–Crippen LogP) is 13.2. The molecule has 283 valence electrons. The summed E-state index contributed by atoms with van der Waals surface area (Å²) >= 11 is -0.450. The summed E-state index contributed by atoms with van der Waals surface area (Å²) in [5, 5.41) is 14.8. The Kier molecular flexibility index (Phi) is 13.3. The smallest absolute Gasteiger partial charge is 0.162 e. The van der Waals surface area contributed by atoms with E-state index < -0.39 is 13.3 Å². The third-order valence-corrected chi connectivity index (χ3v) is 19.9. The molecule has 1 aliphatic heterocycles. The first-order chi connectivity index (χ1) is 25.3. The van der Waals surface area contributed by atoms with Gasteiger partial charge in [0.1, 0.15) is 0 Å². The van der Waals surface area contributed by atoms with E-state index in [0.717, 1.165) is 42.3 Å². The van der Waals surface area contributed by atoms with E-state index in [9.17, 15) is 9.90 Å². The molecule has 0 bridgehead atoms. The fourth-order valence-corrected chi connectivity index (χ4v) is 15.6. The maximum Gasteiger partial charge on any atom is 0.162 e. The number of allylic oxidation sites excluding steroid dienone is 2. The second kappa shape index (κ2) is 17.2. The molecule has 7 rings (SSSR count). The van der Waals surface area contributed by atoms with Crippen LogP contribution in [-0.2, 0) is 30.3 Å². The Bertz CT molecular complexity index is 2350. The number of benzene rings is 4. The Labute approximate surface area is 342 Å². The van der Waals surface area contributed by atoms with Crippen molar-refractivity contribution in [2.24, 2.45) is 11.8 Å². The van der Waals surface area contributed by atoms with Crippen LogP contribution in [0.2, 0.25) is 11.5 Å². The number of fused-ring (bicyclic) bond motifs is 5. The van der Waals surface area contributed by atoms with E-state index in [1.165, 1.54) is 48.3 Å². The Morgan fingerprint density at radius 3 is 2.19 bits per heavy atom. The molecule has 6 aromatic rings. The second-order valence-corrected chi connectivity index (χ2v) is 26.1. The molecule has 1 aliphatic rings. The number of thiophene rings is 1. The summed E-state index contributed by atoms with van der Waals surface area (Å²) in [6, 6.07) is 32.9. The molecular weight excluding hydrogens is 919 g/mol. The van der Waals surface area contributed by atoms with Crippen LogP contribution in [0.5, 0.6) is 0 Å². The van der Waals surface area contributed by atoms with Crippen molar-refractivity contribution < 1.29 is 30.0 Å². The van der Waals surface area contributed by atoms with Gasteiger partial charge in [0.05, 0.1) is 5.76 Å². The minimum atomic E-state index is -2.32. The first-order valence-corrected chi connectivity index (χ1v) is 26.5. The van der Waals surface area contributed by atoms with E-state index in [-0.39, 0.29) is 48.9 Å². The maximum absolute atomic E-state index is 11.7. The Balaban J connectivity index is 0.000000301. The average molecular weight is 974 g/mol. The van der Waals surface area contributed by atoms with Crippen molar-refractivity contribution in [1.82, 2.24) is 4.98 Å². The van der Waals surface area contributed by atoms with E-state index in [4.69, 9.17) is 4.98 Å². The number of nitrogens with zero attached hydrogens (tertiary/aromatic N) is 1. The minimum absolute atomic E-state index is 0. The first-order valence-electron chi connectivity index (χ1n) is 19.4. The van der Waals surface area contributed by atoms with E-state index in [2.05, 4.69) is 123 Å². The number of pyridine rings is 1. The van der Waals surface area contributed by atoms with Crippen LogP contribution >= 0.6 is 11.3 Å². The Hall–Kier alpha value is -3.35. The van der Waals surface area contributed by atoms with E-state index in [1.54, 1.807) is 8.80 Å². The zero-order chi connectivity index (χ0) is 38.1. The summed E-state index contributed by atoms with van der Waals surface area (Å²) in [6.45, 7) is 14.9. The summed E-state index contributed by atoms with van der Waals surface area (Å²) in [6.07, 6.45) is 9.32. The van der Waals surface area contributed by atoms with Crippen LogP contribution in [-0.4, -0.2) is 29.1 Å². The third-order valence-electron chi connectivity index (χ3n) is 11.2. The summed E-state index contributed by atoms with van der Waals surface area (Å²) in [4.78, 5) is 16.6. The molecule has 1 N–H and O–H groups in total. The van der Waals surface area contributed by atoms with E-state index in [1.807, 2.05) is 45.2 Å². The van der Waals surface area contributed by atoms with Gasteiger partial charge in [-0.3, -0.25) is 4.79 Å². The minimum Gasteiger partial charge on any atom is -0.512 e. The Morgan fingerprint density at radius 1 is 0.852 bits per heavy atom. The fourth-order valence-electron chi connectivity index (χ4n) is 7.94. The molecule has 6 heteroatoms. The number of aromatic nitrogens is 1. The van der Waals surface area contributed by atoms with Crippen molar-refractivity contribution in [3.05, 3.63) is 120 Å². The van der Waals surface area contributed by atoms with Crippen molar-refractivity contribution in [1.29, 1.82) is 0 Å². The molecule has 4 aromatic carbocycles. The number of ketones is 1. The average Bonchev–Trinajstić information content (AvgIpc) is 3.65. The standard InChI is InChI=1S/C35H30GeNS.C13H24O2.Ir/c1-35(2,3)29-19-25(18-22-10-6-8-12-26(22)29)33-34-28(16-17-37-33)27-15-14-24(21-32(27)38-34)31-20-23-11-7-9-13-30(23)36(31,4)5;1-5-10(6-2)12(14)9-13(15)11(7-3)8-4;/h6-17,19-21H,1-5H3;9-11,14H,5-8H2,1-4H3;/q-1;;/b;12-9-;. The number of carbonyl (C=O) groups excluding carboxylic acids is 1. The number of aliphatic hydroxyl groups is 1. The molecule has 54 heavy (non-hydrogen) atoms. The number of rotatable bonds is 9. The monoisotopic (exact) mass is 975 g/mol. The van der Waals surface area contributed by atoms with Crippen LogP contribution in [0.4, 0.5) is 0 Å². The van der Waals surface area contributed by atoms with Gasteiger partial charge in [0.15, 0.2) is 5.78 Å². The van der Waals surface area contributed by atoms with Gasteiger partial charge < -0.3 is 5.11 Å². The Morgan fingerprint density at radius 2 is 1.52 bits per heavy atom.